The monoisotopic (exact) mass is 228 g/mol. The fourth-order valence-corrected chi connectivity index (χ4v) is 1.56. The molecule has 16 heavy (non-hydrogen) atoms. The minimum Gasteiger partial charge on any atom is -0.383 e. The van der Waals surface area contributed by atoms with Crippen LogP contribution in [0.25, 0.3) is 0 Å². The second kappa shape index (κ2) is 7.26. The molecule has 1 aromatic rings. The summed E-state index contributed by atoms with van der Waals surface area (Å²) in [7, 11) is 1.69. The van der Waals surface area contributed by atoms with Crippen LogP contribution in [0.4, 0.5) is 0 Å². The molecule has 2 atom stereocenters. The van der Waals surface area contributed by atoms with Crippen LogP contribution >= 0.6 is 0 Å². The zero-order valence-electron chi connectivity index (χ0n) is 9.81. The summed E-state index contributed by atoms with van der Waals surface area (Å²) in [5.41, 5.74) is 5.49. The normalized spacial score (nSPS) is 14.9. The lowest BCUT2D eigenvalue weighted by Gasteiger charge is -2.20. The van der Waals surface area contributed by atoms with Gasteiger partial charge in [-0.25, -0.2) is 0 Å². The standard InChI is InChI=1S/C9H20N6O/c1-7(9-12-14-15-13-9)11-8(6-16-2)4-3-5-10/h7-8,11H,3-6,10H2,1-2H3,(H,12,13,14,15). The van der Waals surface area contributed by atoms with E-state index in [4.69, 9.17) is 10.5 Å². The molecule has 0 radical (unpaired) electrons. The summed E-state index contributed by atoms with van der Waals surface area (Å²) < 4.78 is 5.15. The number of methoxy groups -OCH3 is 1. The molecule has 0 aliphatic rings. The minimum atomic E-state index is 0.0525. The minimum absolute atomic E-state index is 0.0525. The molecule has 0 fully saturated rings. The molecule has 0 aliphatic heterocycles. The lowest BCUT2D eigenvalue weighted by atomic mass is 10.1. The van der Waals surface area contributed by atoms with E-state index in [2.05, 4.69) is 25.9 Å². The highest BCUT2D eigenvalue weighted by Gasteiger charge is 2.15. The molecule has 1 rings (SSSR count). The highest BCUT2D eigenvalue weighted by atomic mass is 16.5. The Kier molecular flexibility index (Phi) is 5.91. The quantitative estimate of drug-likeness (QED) is 0.560. The molecule has 7 nitrogen and oxygen atoms in total. The van der Waals surface area contributed by atoms with Crippen LogP contribution in [0, 0.1) is 0 Å². The summed E-state index contributed by atoms with van der Waals surface area (Å²) in [6.45, 7) is 3.34. The Morgan fingerprint density at radius 1 is 1.56 bits per heavy atom. The zero-order chi connectivity index (χ0) is 11.8. The van der Waals surface area contributed by atoms with Gasteiger partial charge in [-0.15, -0.1) is 10.2 Å². The van der Waals surface area contributed by atoms with Gasteiger partial charge in [0.05, 0.1) is 12.6 Å². The summed E-state index contributed by atoms with van der Waals surface area (Å²) in [4.78, 5) is 0. The Morgan fingerprint density at radius 2 is 2.38 bits per heavy atom. The number of nitrogens with zero attached hydrogens (tertiary/aromatic N) is 3. The van der Waals surface area contributed by atoms with Crippen LogP contribution in [-0.4, -0.2) is 46.9 Å². The maximum atomic E-state index is 5.49. The van der Waals surface area contributed by atoms with E-state index in [-0.39, 0.29) is 12.1 Å². The fourth-order valence-electron chi connectivity index (χ4n) is 1.56. The van der Waals surface area contributed by atoms with Gasteiger partial charge >= 0.3 is 0 Å². The van der Waals surface area contributed by atoms with Crippen LogP contribution in [-0.2, 0) is 4.74 Å². The molecule has 0 saturated carbocycles. The number of tetrazole rings is 1. The Balaban J connectivity index is 2.40. The Bertz CT molecular complexity index is 265. The van der Waals surface area contributed by atoms with Gasteiger partial charge < -0.3 is 15.8 Å². The number of nitrogens with two attached hydrogens (primary N) is 1. The number of rotatable bonds is 8. The summed E-state index contributed by atoms with van der Waals surface area (Å²) in [5.74, 6) is 0.661. The summed E-state index contributed by atoms with van der Waals surface area (Å²) in [6, 6.07) is 0.318. The molecule has 1 aromatic heterocycles. The van der Waals surface area contributed by atoms with Crippen molar-refractivity contribution in [2.75, 3.05) is 20.3 Å². The third kappa shape index (κ3) is 4.21. The Labute approximate surface area is 95.1 Å². The van der Waals surface area contributed by atoms with Gasteiger partial charge in [-0.2, -0.15) is 5.21 Å². The van der Waals surface area contributed by atoms with E-state index in [1.165, 1.54) is 0 Å². The van der Waals surface area contributed by atoms with Crippen molar-refractivity contribution in [1.82, 2.24) is 25.9 Å². The first-order valence-electron chi connectivity index (χ1n) is 5.46. The summed E-state index contributed by atoms with van der Waals surface area (Å²) >= 11 is 0. The van der Waals surface area contributed by atoms with Gasteiger partial charge in [0.2, 0.25) is 0 Å². The van der Waals surface area contributed by atoms with Crippen LogP contribution < -0.4 is 11.1 Å². The predicted molar refractivity (Wildman–Crippen MR) is 59.7 cm³/mol. The van der Waals surface area contributed by atoms with Crippen LogP contribution in [0.15, 0.2) is 0 Å². The molecule has 0 spiro atoms. The smallest absolute Gasteiger partial charge is 0.191 e. The van der Waals surface area contributed by atoms with Gasteiger partial charge in [0.25, 0.3) is 0 Å². The van der Waals surface area contributed by atoms with E-state index >= 15 is 0 Å². The van der Waals surface area contributed by atoms with E-state index in [1.54, 1.807) is 7.11 Å². The number of nitrogens with one attached hydrogen (secondary N) is 2. The van der Waals surface area contributed by atoms with Crippen molar-refractivity contribution in [3.8, 4) is 0 Å². The van der Waals surface area contributed by atoms with E-state index in [0.29, 0.717) is 19.0 Å². The maximum absolute atomic E-state index is 5.49. The van der Waals surface area contributed by atoms with Gasteiger partial charge in [-0.05, 0) is 26.3 Å². The zero-order valence-corrected chi connectivity index (χ0v) is 9.81. The van der Waals surface area contributed by atoms with Crippen LogP contribution in [0.1, 0.15) is 31.6 Å². The third-order valence-electron chi connectivity index (χ3n) is 2.36. The molecular formula is C9H20N6O. The number of hydrogen-bond donors (Lipinski definition) is 3. The van der Waals surface area contributed by atoms with E-state index in [0.717, 1.165) is 12.8 Å². The van der Waals surface area contributed by atoms with E-state index in [1.807, 2.05) is 6.92 Å². The van der Waals surface area contributed by atoms with Crippen molar-refractivity contribution in [1.29, 1.82) is 0 Å². The SMILES string of the molecule is COCC(CCCN)NC(C)c1nn[nH]n1. The van der Waals surface area contributed by atoms with Gasteiger partial charge in [-0.3, -0.25) is 0 Å². The lowest BCUT2D eigenvalue weighted by molar-refractivity contribution is 0.156. The second-order valence-electron chi connectivity index (χ2n) is 3.74. The molecule has 2 unspecified atom stereocenters. The molecule has 0 saturated heterocycles. The molecular weight excluding hydrogens is 208 g/mol. The molecule has 0 amide bonds. The predicted octanol–water partition coefficient (Wildman–Crippen LogP) is -0.396. The molecule has 4 N–H and O–H groups in total. The molecule has 7 heteroatoms. The van der Waals surface area contributed by atoms with Gasteiger partial charge in [0.1, 0.15) is 0 Å². The second-order valence-corrected chi connectivity index (χ2v) is 3.74. The van der Waals surface area contributed by atoms with Crippen molar-refractivity contribution in [3.05, 3.63) is 5.82 Å². The Hall–Kier alpha value is -1.05. The number of ether oxygens (including phenoxy) is 1. The molecule has 1 heterocycles. The Morgan fingerprint density at radius 3 is 2.94 bits per heavy atom. The highest BCUT2D eigenvalue weighted by molar-refractivity contribution is 4.87. The number of aromatic nitrogens is 4. The number of aromatic amines is 1. The summed E-state index contributed by atoms with van der Waals surface area (Å²) in [6.07, 6.45) is 1.95. The van der Waals surface area contributed by atoms with Crippen molar-refractivity contribution in [2.45, 2.75) is 31.8 Å². The average molecular weight is 228 g/mol. The van der Waals surface area contributed by atoms with E-state index in [9.17, 15) is 0 Å². The number of hydrogen-bond acceptors (Lipinski definition) is 6. The summed E-state index contributed by atoms with van der Waals surface area (Å²) in [5, 5.41) is 17.2. The maximum Gasteiger partial charge on any atom is 0.191 e. The van der Waals surface area contributed by atoms with Crippen molar-refractivity contribution >= 4 is 0 Å². The first-order valence-corrected chi connectivity index (χ1v) is 5.46. The van der Waals surface area contributed by atoms with Crippen molar-refractivity contribution in [2.24, 2.45) is 5.73 Å². The molecule has 0 bridgehead atoms. The van der Waals surface area contributed by atoms with Gasteiger partial charge in [-0.1, -0.05) is 5.21 Å². The first kappa shape index (κ1) is 13.0. The van der Waals surface area contributed by atoms with E-state index < -0.39 is 0 Å². The van der Waals surface area contributed by atoms with Crippen LogP contribution in [0.2, 0.25) is 0 Å². The van der Waals surface area contributed by atoms with Gasteiger partial charge in [0.15, 0.2) is 5.82 Å². The number of H-pyrrole nitrogens is 1. The first-order chi connectivity index (χ1) is 7.77. The molecule has 92 valence electrons. The topological polar surface area (TPSA) is 102 Å². The van der Waals surface area contributed by atoms with Crippen molar-refractivity contribution < 1.29 is 4.74 Å². The fraction of sp³-hybridized carbons (Fsp3) is 0.889. The average Bonchev–Trinajstić information content (AvgIpc) is 2.79. The van der Waals surface area contributed by atoms with Gasteiger partial charge in [0, 0.05) is 13.2 Å². The third-order valence-corrected chi connectivity index (χ3v) is 2.36. The lowest BCUT2D eigenvalue weighted by Crippen LogP contribution is -2.36. The van der Waals surface area contributed by atoms with Crippen molar-refractivity contribution in [3.63, 3.8) is 0 Å². The molecule has 0 aliphatic carbocycles. The van der Waals surface area contributed by atoms with Crippen LogP contribution in [0.3, 0.4) is 0 Å². The highest BCUT2D eigenvalue weighted by Crippen LogP contribution is 2.07. The largest absolute Gasteiger partial charge is 0.383 e. The molecule has 0 aromatic carbocycles. The van der Waals surface area contributed by atoms with Crippen LogP contribution in [0.5, 0.6) is 0 Å².